The number of anilines is 1. The zero-order valence-corrected chi connectivity index (χ0v) is 11.3. The molecule has 0 radical (unpaired) electrons. The van der Waals surface area contributed by atoms with Gasteiger partial charge in [0.05, 0.1) is 11.5 Å². The van der Waals surface area contributed by atoms with Gasteiger partial charge in [0.25, 0.3) is 0 Å². The Bertz CT molecular complexity index is 430. The maximum atomic E-state index is 10.9. The normalized spacial score (nSPS) is 11.1. The molecule has 5 heteroatoms. The van der Waals surface area contributed by atoms with E-state index in [0.29, 0.717) is 12.4 Å². The molecule has 0 saturated carbocycles. The molecule has 1 rings (SSSR count). The minimum absolute atomic E-state index is 0.00305. The van der Waals surface area contributed by atoms with E-state index < -0.39 is 4.92 Å². The smallest absolute Gasteiger partial charge is 0.311 e. The minimum Gasteiger partial charge on any atom is -0.487 e. The van der Waals surface area contributed by atoms with Crippen LogP contribution in [0.25, 0.3) is 0 Å². The van der Waals surface area contributed by atoms with Crippen LogP contribution >= 0.6 is 0 Å². The minimum atomic E-state index is -0.431. The van der Waals surface area contributed by atoms with Gasteiger partial charge >= 0.3 is 5.69 Å². The van der Waals surface area contributed by atoms with Gasteiger partial charge in [-0.3, -0.25) is 10.1 Å². The first-order valence-corrected chi connectivity index (χ1v) is 6.09. The van der Waals surface area contributed by atoms with E-state index in [1.807, 2.05) is 0 Å². The zero-order chi connectivity index (χ0) is 13.8. The molecule has 0 aliphatic carbocycles. The Kier molecular flexibility index (Phi) is 4.53. The standard InChI is InChI=1S/C13H20N2O3/c1-5-13(3,4)14-10-7-8-11(15(16)17)12(9-10)18-6-2/h7-9,14H,5-6H2,1-4H3. The van der Waals surface area contributed by atoms with Crippen molar-refractivity contribution in [1.82, 2.24) is 0 Å². The van der Waals surface area contributed by atoms with Crippen molar-refractivity contribution in [1.29, 1.82) is 0 Å². The second-order valence-corrected chi connectivity index (χ2v) is 4.74. The van der Waals surface area contributed by atoms with Crippen molar-refractivity contribution in [2.24, 2.45) is 0 Å². The topological polar surface area (TPSA) is 64.4 Å². The molecule has 0 atom stereocenters. The van der Waals surface area contributed by atoms with Gasteiger partial charge < -0.3 is 10.1 Å². The van der Waals surface area contributed by atoms with Crippen LogP contribution in [0.4, 0.5) is 11.4 Å². The molecule has 5 nitrogen and oxygen atoms in total. The molecule has 1 N–H and O–H groups in total. The largest absolute Gasteiger partial charge is 0.487 e. The molecule has 0 unspecified atom stereocenters. The van der Waals surface area contributed by atoms with E-state index >= 15 is 0 Å². The number of benzene rings is 1. The number of hydrogen-bond donors (Lipinski definition) is 1. The van der Waals surface area contributed by atoms with Crippen LogP contribution in [0.15, 0.2) is 18.2 Å². The fraction of sp³-hybridized carbons (Fsp3) is 0.538. The van der Waals surface area contributed by atoms with Gasteiger partial charge in [0.1, 0.15) is 0 Å². The van der Waals surface area contributed by atoms with Crippen molar-refractivity contribution >= 4 is 11.4 Å². The Balaban J connectivity index is 3.03. The molecule has 0 bridgehead atoms. The van der Waals surface area contributed by atoms with Crippen molar-refractivity contribution in [3.8, 4) is 5.75 Å². The van der Waals surface area contributed by atoms with Crippen LogP contribution in [-0.2, 0) is 0 Å². The lowest BCUT2D eigenvalue weighted by Gasteiger charge is -2.26. The van der Waals surface area contributed by atoms with Crippen molar-refractivity contribution in [2.75, 3.05) is 11.9 Å². The van der Waals surface area contributed by atoms with Crippen LogP contribution in [0.2, 0.25) is 0 Å². The van der Waals surface area contributed by atoms with Crippen LogP contribution in [0, 0.1) is 10.1 Å². The highest BCUT2D eigenvalue weighted by Gasteiger charge is 2.18. The maximum Gasteiger partial charge on any atom is 0.311 e. The summed E-state index contributed by atoms with van der Waals surface area (Å²) in [4.78, 5) is 10.4. The van der Waals surface area contributed by atoms with Crippen LogP contribution < -0.4 is 10.1 Å². The average molecular weight is 252 g/mol. The molecular formula is C13H20N2O3. The van der Waals surface area contributed by atoms with Gasteiger partial charge in [0.15, 0.2) is 5.75 Å². The summed E-state index contributed by atoms with van der Waals surface area (Å²) in [6.45, 7) is 8.45. The van der Waals surface area contributed by atoms with E-state index in [9.17, 15) is 10.1 Å². The monoisotopic (exact) mass is 252 g/mol. The second kappa shape index (κ2) is 5.71. The van der Waals surface area contributed by atoms with Gasteiger partial charge in [0.2, 0.25) is 0 Å². The molecule has 18 heavy (non-hydrogen) atoms. The number of nitro benzene ring substituents is 1. The van der Waals surface area contributed by atoms with Gasteiger partial charge in [-0.15, -0.1) is 0 Å². The summed E-state index contributed by atoms with van der Waals surface area (Å²) < 4.78 is 5.31. The van der Waals surface area contributed by atoms with Gasteiger partial charge in [0, 0.05) is 23.4 Å². The van der Waals surface area contributed by atoms with E-state index in [2.05, 4.69) is 26.1 Å². The lowest BCUT2D eigenvalue weighted by atomic mass is 10.0. The number of nitrogens with zero attached hydrogens (tertiary/aromatic N) is 1. The van der Waals surface area contributed by atoms with E-state index in [-0.39, 0.29) is 11.2 Å². The van der Waals surface area contributed by atoms with Gasteiger partial charge in [-0.2, -0.15) is 0 Å². The van der Waals surface area contributed by atoms with Crippen molar-refractivity contribution in [3.05, 3.63) is 28.3 Å². The summed E-state index contributed by atoms with van der Waals surface area (Å²) >= 11 is 0. The molecule has 1 aromatic carbocycles. The zero-order valence-electron chi connectivity index (χ0n) is 11.3. The Morgan fingerprint density at radius 2 is 2.06 bits per heavy atom. The third-order valence-corrected chi connectivity index (χ3v) is 2.82. The van der Waals surface area contributed by atoms with Crippen molar-refractivity contribution in [2.45, 2.75) is 39.7 Å². The van der Waals surface area contributed by atoms with E-state index in [4.69, 9.17) is 4.74 Å². The molecule has 0 heterocycles. The first kappa shape index (κ1) is 14.3. The summed E-state index contributed by atoms with van der Waals surface area (Å²) in [6, 6.07) is 4.86. The first-order valence-electron chi connectivity index (χ1n) is 6.09. The van der Waals surface area contributed by atoms with Crippen molar-refractivity contribution in [3.63, 3.8) is 0 Å². The molecule has 100 valence electrons. The number of rotatable bonds is 6. The lowest BCUT2D eigenvalue weighted by molar-refractivity contribution is -0.385. The third-order valence-electron chi connectivity index (χ3n) is 2.82. The molecule has 1 aromatic rings. The quantitative estimate of drug-likeness (QED) is 0.620. The Morgan fingerprint density at radius 1 is 1.39 bits per heavy atom. The number of ether oxygens (including phenoxy) is 1. The maximum absolute atomic E-state index is 10.9. The third kappa shape index (κ3) is 3.61. The molecule has 0 aliphatic heterocycles. The fourth-order valence-corrected chi connectivity index (χ4v) is 1.49. The number of hydrogen-bond acceptors (Lipinski definition) is 4. The molecule has 0 spiro atoms. The Morgan fingerprint density at radius 3 is 2.56 bits per heavy atom. The predicted octanol–water partition coefficient (Wildman–Crippen LogP) is 3.59. The first-order chi connectivity index (χ1) is 8.39. The van der Waals surface area contributed by atoms with E-state index in [1.54, 1.807) is 19.1 Å². The molecular weight excluding hydrogens is 232 g/mol. The van der Waals surface area contributed by atoms with Crippen LogP contribution in [0.3, 0.4) is 0 Å². The van der Waals surface area contributed by atoms with E-state index in [0.717, 1.165) is 12.1 Å². The van der Waals surface area contributed by atoms with Gasteiger partial charge in [-0.25, -0.2) is 0 Å². The fourth-order valence-electron chi connectivity index (χ4n) is 1.49. The van der Waals surface area contributed by atoms with Crippen molar-refractivity contribution < 1.29 is 9.66 Å². The molecule has 0 aromatic heterocycles. The summed E-state index contributed by atoms with van der Waals surface area (Å²) in [5.41, 5.74) is 0.771. The number of nitrogens with one attached hydrogen (secondary N) is 1. The van der Waals surface area contributed by atoms with Crippen LogP contribution in [0.1, 0.15) is 34.1 Å². The molecule has 0 saturated heterocycles. The SMILES string of the molecule is CCOc1cc(NC(C)(C)CC)ccc1[N+](=O)[O-]. The highest BCUT2D eigenvalue weighted by molar-refractivity contribution is 5.58. The molecule has 0 aliphatic rings. The summed E-state index contributed by atoms with van der Waals surface area (Å²) in [5, 5.41) is 14.2. The molecule has 0 fully saturated rings. The average Bonchev–Trinajstić information content (AvgIpc) is 2.29. The predicted molar refractivity (Wildman–Crippen MR) is 72.3 cm³/mol. The Hall–Kier alpha value is -1.78. The Labute approximate surface area is 107 Å². The number of nitro groups is 1. The summed E-state index contributed by atoms with van der Waals surface area (Å²) in [6.07, 6.45) is 0.952. The second-order valence-electron chi connectivity index (χ2n) is 4.74. The lowest BCUT2D eigenvalue weighted by Crippen LogP contribution is -2.29. The summed E-state index contributed by atoms with van der Waals surface area (Å²) in [7, 11) is 0. The van der Waals surface area contributed by atoms with Crippen LogP contribution in [0.5, 0.6) is 5.75 Å². The van der Waals surface area contributed by atoms with E-state index in [1.165, 1.54) is 6.07 Å². The summed E-state index contributed by atoms with van der Waals surface area (Å²) in [5.74, 6) is 0.305. The highest BCUT2D eigenvalue weighted by Crippen LogP contribution is 2.31. The van der Waals surface area contributed by atoms with Crippen LogP contribution in [-0.4, -0.2) is 17.1 Å². The van der Waals surface area contributed by atoms with Gasteiger partial charge in [-0.05, 0) is 33.3 Å². The highest BCUT2D eigenvalue weighted by atomic mass is 16.6. The molecule has 0 amide bonds. The van der Waals surface area contributed by atoms with Gasteiger partial charge in [-0.1, -0.05) is 6.92 Å².